The van der Waals surface area contributed by atoms with E-state index in [-0.39, 0.29) is 30.0 Å². The van der Waals surface area contributed by atoms with Gasteiger partial charge < -0.3 is 15.3 Å². The summed E-state index contributed by atoms with van der Waals surface area (Å²) in [4.78, 5) is 30.6. The Morgan fingerprint density at radius 3 is 2.62 bits per heavy atom. The summed E-state index contributed by atoms with van der Waals surface area (Å²) >= 11 is 0. The fraction of sp³-hybridized carbons (Fsp3) is 0.375. The summed E-state index contributed by atoms with van der Waals surface area (Å²) in [6.45, 7) is 3.36. The minimum absolute atomic E-state index is 0.00582. The van der Waals surface area contributed by atoms with E-state index in [9.17, 15) is 27.9 Å². The second-order valence-electron chi connectivity index (χ2n) is 8.66. The zero-order valence-corrected chi connectivity index (χ0v) is 19.0. The fourth-order valence-electron chi connectivity index (χ4n) is 4.48. The molecule has 0 radical (unpaired) electrons. The summed E-state index contributed by atoms with van der Waals surface area (Å²) in [6, 6.07) is 6.33. The zero-order chi connectivity index (χ0) is 24.8. The van der Waals surface area contributed by atoms with Crippen molar-refractivity contribution in [3.05, 3.63) is 69.4 Å². The van der Waals surface area contributed by atoms with Gasteiger partial charge in [0.2, 0.25) is 5.91 Å². The fourth-order valence-corrected chi connectivity index (χ4v) is 4.48. The number of aryl methyl sites for hydroxylation is 1. The van der Waals surface area contributed by atoms with Crippen molar-refractivity contribution in [2.75, 3.05) is 18.4 Å². The molecule has 1 amide bonds. The molecule has 180 valence electrons. The van der Waals surface area contributed by atoms with Crippen LogP contribution in [0.4, 0.5) is 18.9 Å². The van der Waals surface area contributed by atoms with Crippen LogP contribution < -0.4 is 10.9 Å². The number of fused-ring (bicyclic) bond motifs is 1. The number of amides is 1. The highest BCUT2D eigenvalue weighted by Gasteiger charge is 2.41. The van der Waals surface area contributed by atoms with Crippen molar-refractivity contribution in [2.45, 2.75) is 38.3 Å². The molecule has 1 aliphatic heterocycles. The van der Waals surface area contributed by atoms with Gasteiger partial charge in [-0.15, -0.1) is 0 Å². The number of β-amino-alcohol motifs (C(OH)–C–C–N with tert-alkyl or cyclic N) is 1. The highest BCUT2D eigenvalue weighted by molar-refractivity contribution is 5.89. The van der Waals surface area contributed by atoms with Crippen LogP contribution in [0.5, 0.6) is 0 Å². The van der Waals surface area contributed by atoms with Gasteiger partial charge in [-0.2, -0.15) is 0 Å². The standard InChI is InChI=1S/C24H25F3N4O3/c1-13(15-5-4-6-16(20(15)25)21(26)27)29-19-7-9-28-22-17(19)11-18(23(33)30(22)3)24(34)8-10-31(12-24)14(2)32/h4-7,9,11,13,21,34H,8,10,12H2,1-3H3,(H,28,29)/t13-,24?/m1/s1. The first-order valence-corrected chi connectivity index (χ1v) is 10.8. The van der Waals surface area contributed by atoms with Gasteiger partial charge in [-0.1, -0.05) is 18.2 Å². The molecule has 7 nitrogen and oxygen atoms in total. The second kappa shape index (κ2) is 8.75. The van der Waals surface area contributed by atoms with Crippen LogP contribution in [-0.4, -0.2) is 38.6 Å². The number of halogens is 3. The molecule has 0 bridgehead atoms. The normalized spacial score (nSPS) is 19.1. The highest BCUT2D eigenvalue weighted by Crippen LogP contribution is 2.34. The number of carbonyl (C=O) groups is 1. The van der Waals surface area contributed by atoms with Gasteiger partial charge in [0.25, 0.3) is 12.0 Å². The topological polar surface area (TPSA) is 87.5 Å². The van der Waals surface area contributed by atoms with Gasteiger partial charge in [0.15, 0.2) is 0 Å². The largest absolute Gasteiger partial charge is 0.383 e. The van der Waals surface area contributed by atoms with Crippen LogP contribution in [0, 0.1) is 5.82 Å². The first kappa shape index (κ1) is 23.7. The minimum atomic E-state index is -2.94. The maximum atomic E-state index is 14.7. The van der Waals surface area contributed by atoms with Gasteiger partial charge in [-0.05, 0) is 25.5 Å². The molecule has 1 aliphatic rings. The van der Waals surface area contributed by atoms with Gasteiger partial charge in [0.1, 0.15) is 17.1 Å². The molecule has 34 heavy (non-hydrogen) atoms. The monoisotopic (exact) mass is 474 g/mol. The summed E-state index contributed by atoms with van der Waals surface area (Å²) in [7, 11) is 1.53. The lowest BCUT2D eigenvalue weighted by atomic mass is 9.93. The quantitative estimate of drug-likeness (QED) is 0.590. The molecule has 0 aliphatic carbocycles. The Hall–Kier alpha value is -3.40. The molecular weight excluding hydrogens is 449 g/mol. The average Bonchev–Trinajstić information content (AvgIpc) is 3.19. The molecule has 1 saturated heterocycles. The molecule has 1 fully saturated rings. The zero-order valence-electron chi connectivity index (χ0n) is 19.0. The van der Waals surface area contributed by atoms with Crippen molar-refractivity contribution in [3.8, 4) is 0 Å². The number of benzene rings is 1. The van der Waals surface area contributed by atoms with Crippen LogP contribution in [0.15, 0.2) is 41.3 Å². The number of alkyl halides is 2. The maximum absolute atomic E-state index is 14.7. The van der Waals surface area contributed by atoms with Crippen LogP contribution in [0.2, 0.25) is 0 Å². The van der Waals surface area contributed by atoms with Gasteiger partial charge in [-0.3, -0.25) is 14.2 Å². The number of carbonyl (C=O) groups excluding carboxylic acids is 1. The number of aromatic nitrogens is 2. The third kappa shape index (κ3) is 4.02. The lowest BCUT2D eigenvalue weighted by Gasteiger charge is -2.25. The predicted octanol–water partition coefficient (Wildman–Crippen LogP) is 3.62. The van der Waals surface area contributed by atoms with Crippen LogP contribution >= 0.6 is 0 Å². The van der Waals surface area contributed by atoms with E-state index in [4.69, 9.17) is 0 Å². The van der Waals surface area contributed by atoms with Crippen LogP contribution in [0.25, 0.3) is 11.0 Å². The summed E-state index contributed by atoms with van der Waals surface area (Å²) in [5.41, 5.74) is -1.62. The Morgan fingerprint density at radius 2 is 1.97 bits per heavy atom. The Labute approximate surface area is 193 Å². The Balaban J connectivity index is 1.78. The summed E-state index contributed by atoms with van der Waals surface area (Å²) in [5.74, 6) is -1.17. The molecule has 3 aromatic rings. The van der Waals surface area contributed by atoms with Crippen LogP contribution in [-0.2, 0) is 17.4 Å². The van der Waals surface area contributed by atoms with E-state index in [0.717, 1.165) is 6.07 Å². The van der Waals surface area contributed by atoms with Gasteiger partial charge in [-0.25, -0.2) is 18.2 Å². The summed E-state index contributed by atoms with van der Waals surface area (Å²) in [6.07, 6.45) is -1.25. The first-order valence-electron chi connectivity index (χ1n) is 10.8. The second-order valence-corrected chi connectivity index (χ2v) is 8.66. The third-order valence-electron chi connectivity index (χ3n) is 6.44. The summed E-state index contributed by atoms with van der Waals surface area (Å²) < 4.78 is 42.3. The van der Waals surface area contributed by atoms with Crippen LogP contribution in [0.1, 0.15) is 49.4 Å². The molecule has 2 N–H and O–H groups in total. The maximum Gasteiger partial charge on any atom is 0.266 e. The molecule has 2 atom stereocenters. The molecule has 0 saturated carbocycles. The number of nitrogens with zero attached hydrogens (tertiary/aromatic N) is 3. The number of nitrogens with one attached hydrogen (secondary N) is 1. The lowest BCUT2D eigenvalue weighted by Crippen LogP contribution is -2.39. The predicted molar refractivity (Wildman–Crippen MR) is 121 cm³/mol. The van der Waals surface area contributed by atoms with Crippen molar-refractivity contribution in [3.63, 3.8) is 0 Å². The van der Waals surface area contributed by atoms with E-state index in [1.807, 2.05) is 0 Å². The molecule has 1 aromatic carbocycles. The average molecular weight is 474 g/mol. The van der Waals surface area contributed by atoms with Crippen molar-refractivity contribution in [1.29, 1.82) is 0 Å². The molecule has 0 spiro atoms. The van der Waals surface area contributed by atoms with Gasteiger partial charge >= 0.3 is 0 Å². The van der Waals surface area contributed by atoms with E-state index in [0.29, 0.717) is 23.3 Å². The van der Waals surface area contributed by atoms with Crippen molar-refractivity contribution >= 4 is 22.6 Å². The SMILES string of the molecule is CC(=O)N1CCC(O)(c2cc3c(N[C@H](C)c4cccc(C(F)F)c4F)ccnc3n(C)c2=O)C1. The smallest absolute Gasteiger partial charge is 0.266 e. The van der Waals surface area contributed by atoms with E-state index in [1.165, 1.54) is 47.8 Å². The van der Waals surface area contributed by atoms with E-state index in [2.05, 4.69) is 10.3 Å². The Bertz CT molecular complexity index is 1330. The highest BCUT2D eigenvalue weighted by atomic mass is 19.3. The van der Waals surface area contributed by atoms with E-state index in [1.54, 1.807) is 13.0 Å². The number of rotatable bonds is 5. The lowest BCUT2D eigenvalue weighted by molar-refractivity contribution is -0.128. The van der Waals surface area contributed by atoms with Gasteiger partial charge in [0, 0.05) is 43.4 Å². The van der Waals surface area contributed by atoms with E-state index >= 15 is 0 Å². The number of hydrogen-bond donors (Lipinski definition) is 2. The molecule has 4 rings (SSSR count). The number of pyridine rings is 2. The molecule has 2 aromatic heterocycles. The molecule has 1 unspecified atom stereocenters. The minimum Gasteiger partial charge on any atom is -0.383 e. The first-order chi connectivity index (χ1) is 16.0. The number of aliphatic hydroxyl groups is 1. The van der Waals surface area contributed by atoms with Crippen molar-refractivity contribution in [2.24, 2.45) is 7.05 Å². The molecule has 3 heterocycles. The van der Waals surface area contributed by atoms with Crippen molar-refractivity contribution < 1.29 is 23.1 Å². The molecular formula is C24H25F3N4O3. The van der Waals surface area contributed by atoms with Crippen molar-refractivity contribution in [1.82, 2.24) is 14.5 Å². The third-order valence-corrected chi connectivity index (χ3v) is 6.44. The van der Waals surface area contributed by atoms with Crippen LogP contribution in [0.3, 0.4) is 0 Å². The van der Waals surface area contributed by atoms with E-state index < -0.39 is 35.0 Å². The Kier molecular flexibility index (Phi) is 6.11. The van der Waals surface area contributed by atoms with Gasteiger partial charge in [0.05, 0.1) is 23.7 Å². The molecule has 10 heteroatoms. The summed E-state index contributed by atoms with van der Waals surface area (Å²) in [5, 5.41) is 14.9. The Morgan fingerprint density at radius 1 is 1.26 bits per heavy atom. The number of likely N-dealkylation sites (tertiary alicyclic amines) is 1. The number of anilines is 1. The number of hydrogen-bond acceptors (Lipinski definition) is 5.